The summed E-state index contributed by atoms with van der Waals surface area (Å²) >= 11 is 1.27. The second-order valence-electron chi connectivity index (χ2n) is 3.53. The molecule has 17 heavy (non-hydrogen) atoms. The zero-order valence-corrected chi connectivity index (χ0v) is 9.76. The summed E-state index contributed by atoms with van der Waals surface area (Å²) in [6, 6.07) is 7.75. The zero-order valence-electron chi connectivity index (χ0n) is 8.94. The standard InChI is InChI=1S/C12H11FN2OS/c13-8-3-1-7(2-4-8)11-5-9(15)12(17-11)10(16)6-14/h1-5H,6,14-15H2. The Morgan fingerprint density at radius 1 is 1.29 bits per heavy atom. The molecule has 0 unspecified atom stereocenters. The van der Waals surface area contributed by atoms with Crippen LogP contribution in [-0.4, -0.2) is 12.3 Å². The van der Waals surface area contributed by atoms with Gasteiger partial charge in [0.25, 0.3) is 0 Å². The summed E-state index contributed by atoms with van der Waals surface area (Å²) in [7, 11) is 0. The summed E-state index contributed by atoms with van der Waals surface area (Å²) in [6.07, 6.45) is 0. The average Bonchev–Trinajstić information content (AvgIpc) is 2.71. The number of nitrogens with two attached hydrogens (primary N) is 2. The van der Waals surface area contributed by atoms with Crippen molar-refractivity contribution in [2.75, 3.05) is 12.3 Å². The van der Waals surface area contributed by atoms with Crippen molar-refractivity contribution in [2.24, 2.45) is 5.73 Å². The number of carbonyl (C=O) groups excluding carboxylic acids is 1. The first-order chi connectivity index (χ1) is 8.11. The molecule has 0 aliphatic heterocycles. The van der Waals surface area contributed by atoms with Crippen molar-refractivity contribution in [2.45, 2.75) is 0 Å². The number of Topliss-reactive ketones (excluding diaryl/α,β-unsaturated/α-hetero) is 1. The lowest BCUT2D eigenvalue weighted by atomic mass is 10.2. The second kappa shape index (κ2) is 4.65. The van der Waals surface area contributed by atoms with E-state index in [9.17, 15) is 9.18 Å². The van der Waals surface area contributed by atoms with E-state index in [1.807, 2.05) is 0 Å². The molecule has 0 atom stereocenters. The van der Waals surface area contributed by atoms with Crippen molar-refractivity contribution in [3.63, 3.8) is 0 Å². The molecule has 3 nitrogen and oxygen atoms in total. The highest BCUT2D eigenvalue weighted by molar-refractivity contribution is 7.18. The molecule has 0 bridgehead atoms. The fourth-order valence-electron chi connectivity index (χ4n) is 1.47. The quantitative estimate of drug-likeness (QED) is 0.821. The molecular formula is C12H11FN2OS. The molecule has 2 aromatic rings. The summed E-state index contributed by atoms with van der Waals surface area (Å²) in [5.41, 5.74) is 12.3. The van der Waals surface area contributed by atoms with Crippen molar-refractivity contribution in [3.05, 3.63) is 41.0 Å². The summed E-state index contributed by atoms with van der Waals surface area (Å²) in [6.45, 7) is -0.0619. The number of rotatable bonds is 3. The molecule has 0 aliphatic carbocycles. The van der Waals surface area contributed by atoms with Crippen molar-refractivity contribution in [3.8, 4) is 10.4 Å². The number of benzene rings is 1. The van der Waals surface area contributed by atoms with Gasteiger partial charge in [-0.2, -0.15) is 0 Å². The molecule has 0 spiro atoms. The first kappa shape index (κ1) is 11.8. The summed E-state index contributed by atoms with van der Waals surface area (Å²) in [5, 5.41) is 0. The predicted octanol–water partition coefficient (Wildman–Crippen LogP) is 2.28. The Morgan fingerprint density at radius 2 is 1.94 bits per heavy atom. The van der Waals surface area contributed by atoms with Crippen LogP contribution < -0.4 is 11.5 Å². The van der Waals surface area contributed by atoms with Gasteiger partial charge < -0.3 is 11.5 Å². The second-order valence-corrected chi connectivity index (χ2v) is 4.58. The van der Waals surface area contributed by atoms with E-state index < -0.39 is 0 Å². The van der Waals surface area contributed by atoms with Gasteiger partial charge in [-0.05, 0) is 23.8 Å². The Bertz CT molecular complexity index is 548. The van der Waals surface area contributed by atoms with E-state index in [2.05, 4.69) is 0 Å². The summed E-state index contributed by atoms with van der Waals surface area (Å²) in [4.78, 5) is 12.8. The molecule has 0 fully saturated rings. The smallest absolute Gasteiger partial charge is 0.188 e. The zero-order chi connectivity index (χ0) is 12.4. The first-order valence-corrected chi connectivity index (χ1v) is 5.82. The fraction of sp³-hybridized carbons (Fsp3) is 0.0833. The number of anilines is 1. The van der Waals surface area contributed by atoms with Gasteiger partial charge in [0.05, 0.1) is 17.1 Å². The molecule has 0 amide bonds. The SMILES string of the molecule is NCC(=O)c1sc(-c2ccc(F)cc2)cc1N. The molecule has 2 rings (SSSR count). The predicted molar refractivity (Wildman–Crippen MR) is 67.5 cm³/mol. The minimum Gasteiger partial charge on any atom is -0.397 e. The number of nitrogen functional groups attached to an aromatic ring is 1. The molecule has 0 saturated heterocycles. The van der Waals surface area contributed by atoms with E-state index in [1.54, 1.807) is 18.2 Å². The number of halogens is 1. The number of thiophene rings is 1. The molecular weight excluding hydrogens is 239 g/mol. The minimum absolute atomic E-state index is 0.0619. The van der Waals surface area contributed by atoms with Crippen molar-refractivity contribution in [1.82, 2.24) is 0 Å². The maximum atomic E-state index is 12.8. The van der Waals surface area contributed by atoms with Crippen LogP contribution in [0.1, 0.15) is 9.67 Å². The van der Waals surface area contributed by atoms with Crippen LogP contribution in [0, 0.1) is 5.82 Å². The molecule has 1 aromatic heterocycles. The van der Waals surface area contributed by atoms with Crippen LogP contribution >= 0.6 is 11.3 Å². The van der Waals surface area contributed by atoms with Gasteiger partial charge in [0, 0.05) is 4.88 Å². The molecule has 1 aromatic carbocycles. The first-order valence-electron chi connectivity index (χ1n) is 5.00. The maximum Gasteiger partial charge on any atom is 0.188 e. The van der Waals surface area contributed by atoms with E-state index in [0.717, 1.165) is 10.4 Å². The Kier molecular flexibility index (Phi) is 3.21. The van der Waals surface area contributed by atoms with E-state index in [0.29, 0.717) is 10.6 Å². The van der Waals surface area contributed by atoms with Crippen LogP contribution in [0.15, 0.2) is 30.3 Å². The summed E-state index contributed by atoms with van der Waals surface area (Å²) < 4.78 is 12.8. The largest absolute Gasteiger partial charge is 0.397 e. The highest BCUT2D eigenvalue weighted by atomic mass is 32.1. The normalized spacial score (nSPS) is 10.5. The van der Waals surface area contributed by atoms with Crippen molar-refractivity contribution >= 4 is 22.8 Å². The van der Waals surface area contributed by atoms with Gasteiger partial charge in [-0.25, -0.2) is 4.39 Å². The molecule has 0 aliphatic rings. The van der Waals surface area contributed by atoms with Crippen molar-refractivity contribution < 1.29 is 9.18 Å². The Balaban J connectivity index is 2.41. The molecule has 5 heteroatoms. The molecule has 88 valence electrons. The number of hydrogen-bond donors (Lipinski definition) is 2. The Hall–Kier alpha value is -1.72. The highest BCUT2D eigenvalue weighted by Crippen LogP contribution is 2.33. The number of carbonyl (C=O) groups is 1. The highest BCUT2D eigenvalue weighted by Gasteiger charge is 2.13. The third kappa shape index (κ3) is 2.35. The summed E-state index contributed by atoms with van der Waals surface area (Å²) in [5.74, 6) is -0.475. The van der Waals surface area contributed by atoms with Crippen LogP contribution in [0.2, 0.25) is 0 Å². The lowest BCUT2D eigenvalue weighted by Gasteiger charge is -1.96. The maximum absolute atomic E-state index is 12.8. The Labute approximate surface area is 102 Å². The van der Waals surface area contributed by atoms with Crippen LogP contribution in [0.25, 0.3) is 10.4 Å². The number of hydrogen-bond acceptors (Lipinski definition) is 4. The topological polar surface area (TPSA) is 69.1 Å². The van der Waals surface area contributed by atoms with Gasteiger partial charge in [0.2, 0.25) is 0 Å². The fourth-order valence-corrected chi connectivity index (χ4v) is 2.51. The van der Waals surface area contributed by atoms with Crippen LogP contribution in [0.3, 0.4) is 0 Å². The van der Waals surface area contributed by atoms with Gasteiger partial charge in [-0.15, -0.1) is 11.3 Å². The van der Waals surface area contributed by atoms with Gasteiger partial charge >= 0.3 is 0 Å². The van der Waals surface area contributed by atoms with Gasteiger partial charge in [-0.1, -0.05) is 12.1 Å². The minimum atomic E-state index is -0.295. The molecule has 4 N–H and O–H groups in total. The Morgan fingerprint density at radius 3 is 2.53 bits per heavy atom. The van der Waals surface area contributed by atoms with E-state index >= 15 is 0 Å². The van der Waals surface area contributed by atoms with Gasteiger partial charge in [0.15, 0.2) is 5.78 Å². The van der Waals surface area contributed by atoms with Gasteiger partial charge in [0.1, 0.15) is 5.82 Å². The van der Waals surface area contributed by atoms with Crippen LogP contribution in [-0.2, 0) is 0 Å². The van der Waals surface area contributed by atoms with E-state index in [1.165, 1.54) is 23.5 Å². The molecule has 0 radical (unpaired) electrons. The number of ketones is 1. The third-order valence-electron chi connectivity index (χ3n) is 2.33. The monoisotopic (exact) mass is 250 g/mol. The average molecular weight is 250 g/mol. The van der Waals surface area contributed by atoms with Crippen LogP contribution in [0.4, 0.5) is 10.1 Å². The lowest BCUT2D eigenvalue weighted by molar-refractivity contribution is 0.101. The molecule has 1 heterocycles. The van der Waals surface area contributed by atoms with E-state index in [4.69, 9.17) is 11.5 Å². The van der Waals surface area contributed by atoms with Crippen molar-refractivity contribution in [1.29, 1.82) is 0 Å². The van der Waals surface area contributed by atoms with Gasteiger partial charge in [-0.3, -0.25) is 4.79 Å². The third-order valence-corrected chi connectivity index (χ3v) is 3.57. The lowest BCUT2D eigenvalue weighted by Crippen LogP contribution is -2.13. The molecule has 0 saturated carbocycles. The van der Waals surface area contributed by atoms with Crippen LogP contribution in [0.5, 0.6) is 0 Å². The van der Waals surface area contributed by atoms with E-state index in [-0.39, 0.29) is 18.1 Å².